The Morgan fingerprint density at radius 3 is 2.62 bits per heavy atom. The van der Waals surface area contributed by atoms with E-state index in [1.807, 2.05) is 59.6 Å². The molecule has 0 atom stereocenters. The number of nitrogens with zero attached hydrogens (tertiary/aromatic N) is 5. The van der Waals surface area contributed by atoms with Crippen LogP contribution >= 0.6 is 0 Å². The van der Waals surface area contributed by atoms with Crippen LogP contribution in [0.25, 0.3) is 0 Å². The summed E-state index contributed by atoms with van der Waals surface area (Å²) >= 11 is 0. The van der Waals surface area contributed by atoms with Gasteiger partial charge in [-0.2, -0.15) is 0 Å². The van der Waals surface area contributed by atoms with Gasteiger partial charge in [0.15, 0.2) is 0 Å². The first-order valence-electron chi connectivity index (χ1n) is 9.79. The van der Waals surface area contributed by atoms with Crippen molar-refractivity contribution in [1.29, 1.82) is 0 Å². The minimum Gasteiger partial charge on any atom is -0.378 e. The van der Waals surface area contributed by atoms with Gasteiger partial charge in [-0.15, -0.1) is 0 Å². The van der Waals surface area contributed by atoms with Crippen LogP contribution in [0.15, 0.2) is 61.1 Å². The van der Waals surface area contributed by atoms with Gasteiger partial charge in [-0.05, 0) is 17.7 Å². The van der Waals surface area contributed by atoms with Gasteiger partial charge >= 0.3 is 0 Å². The molecule has 4 rings (SSSR count). The molecule has 0 saturated carbocycles. The van der Waals surface area contributed by atoms with Crippen LogP contribution in [0.1, 0.15) is 21.7 Å². The van der Waals surface area contributed by atoms with Crippen LogP contribution in [-0.2, 0) is 17.8 Å². The van der Waals surface area contributed by atoms with Crippen molar-refractivity contribution in [1.82, 2.24) is 19.4 Å². The number of benzene rings is 1. The third-order valence-electron chi connectivity index (χ3n) is 5.06. The molecule has 0 spiro atoms. The maximum Gasteiger partial charge on any atom is 0.255 e. The molecule has 0 N–H and O–H groups in total. The second kappa shape index (κ2) is 8.87. The van der Waals surface area contributed by atoms with E-state index in [-0.39, 0.29) is 5.91 Å². The minimum absolute atomic E-state index is 0.00778. The Bertz CT molecular complexity index is 933. The fourth-order valence-corrected chi connectivity index (χ4v) is 3.40. The van der Waals surface area contributed by atoms with Crippen molar-refractivity contribution >= 4 is 11.7 Å². The summed E-state index contributed by atoms with van der Waals surface area (Å²) in [5, 5.41) is 0. The van der Waals surface area contributed by atoms with Gasteiger partial charge < -0.3 is 19.1 Å². The number of rotatable bonds is 6. The van der Waals surface area contributed by atoms with Crippen molar-refractivity contribution < 1.29 is 9.53 Å². The Morgan fingerprint density at radius 1 is 1.10 bits per heavy atom. The molecule has 1 aromatic carbocycles. The molecule has 0 aliphatic carbocycles. The van der Waals surface area contributed by atoms with Gasteiger partial charge in [0.1, 0.15) is 11.6 Å². The zero-order valence-corrected chi connectivity index (χ0v) is 16.6. The highest BCUT2D eigenvalue weighted by atomic mass is 16.5. The highest BCUT2D eigenvalue weighted by Crippen LogP contribution is 2.15. The molecular formula is C22H25N5O2. The van der Waals surface area contributed by atoms with Gasteiger partial charge in [-0.25, -0.2) is 9.97 Å². The molecule has 0 unspecified atom stereocenters. The molecule has 0 radical (unpaired) electrons. The van der Waals surface area contributed by atoms with Crippen molar-refractivity contribution in [3.63, 3.8) is 0 Å². The third kappa shape index (κ3) is 4.63. The van der Waals surface area contributed by atoms with Gasteiger partial charge in [-0.3, -0.25) is 4.79 Å². The zero-order valence-electron chi connectivity index (χ0n) is 16.6. The van der Waals surface area contributed by atoms with Crippen LogP contribution in [0.5, 0.6) is 0 Å². The number of anilines is 1. The predicted molar refractivity (Wildman–Crippen MR) is 111 cm³/mol. The first kappa shape index (κ1) is 19.1. The molecule has 29 heavy (non-hydrogen) atoms. The molecule has 3 aromatic rings. The summed E-state index contributed by atoms with van der Waals surface area (Å²) in [5.41, 5.74) is 1.84. The average molecular weight is 391 g/mol. The van der Waals surface area contributed by atoms with Gasteiger partial charge in [-0.1, -0.05) is 30.3 Å². The fourth-order valence-electron chi connectivity index (χ4n) is 3.40. The molecule has 150 valence electrons. The van der Waals surface area contributed by atoms with Gasteiger partial charge in [0.2, 0.25) is 0 Å². The Hall–Kier alpha value is -3.19. The molecule has 1 aliphatic rings. The van der Waals surface area contributed by atoms with Crippen molar-refractivity contribution in [2.24, 2.45) is 0 Å². The van der Waals surface area contributed by atoms with Crippen LogP contribution in [-0.4, -0.2) is 58.7 Å². The average Bonchev–Trinajstić information content (AvgIpc) is 3.21. The lowest BCUT2D eigenvalue weighted by Crippen LogP contribution is -2.40. The number of hydrogen-bond acceptors (Lipinski definition) is 5. The number of carbonyl (C=O) groups is 1. The molecule has 1 fully saturated rings. The summed E-state index contributed by atoms with van der Waals surface area (Å²) in [6, 6.07) is 14.1. The minimum atomic E-state index is 0.00778. The van der Waals surface area contributed by atoms with Gasteiger partial charge in [0, 0.05) is 45.3 Å². The SMILES string of the molecule is CN(Cc1nccn1Cc1ccccc1)c1ccc(C(=O)N2CCOCC2)cn1. The number of hydrogen-bond donors (Lipinski definition) is 0. The summed E-state index contributed by atoms with van der Waals surface area (Å²) in [7, 11) is 1.98. The van der Waals surface area contributed by atoms with Crippen LogP contribution < -0.4 is 4.90 Å². The zero-order chi connectivity index (χ0) is 20.1. The van der Waals surface area contributed by atoms with Crippen molar-refractivity contribution in [2.45, 2.75) is 13.1 Å². The lowest BCUT2D eigenvalue weighted by molar-refractivity contribution is 0.0302. The van der Waals surface area contributed by atoms with E-state index in [0.717, 1.165) is 18.2 Å². The molecule has 1 amide bonds. The first-order valence-corrected chi connectivity index (χ1v) is 9.79. The van der Waals surface area contributed by atoms with Gasteiger partial charge in [0.25, 0.3) is 5.91 Å². The third-order valence-corrected chi connectivity index (χ3v) is 5.06. The number of aromatic nitrogens is 3. The molecule has 7 nitrogen and oxygen atoms in total. The number of ether oxygens (including phenoxy) is 1. The van der Waals surface area contributed by atoms with E-state index < -0.39 is 0 Å². The normalized spacial score (nSPS) is 14.0. The maximum absolute atomic E-state index is 12.6. The molecular weight excluding hydrogens is 366 g/mol. The van der Waals surface area contributed by atoms with Gasteiger partial charge in [0.05, 0.1) is 25.3 Å². The molecule has 2 aromatic heterocycles. The lowest BCUT2D eigenvalue weighted by Gasteiger charge is -2.27. The molecule has 0 bridgehead atoms. The first-order chi connectivity index (χ1) is 14.2. The standard InChI is InChI=1S/C22H25N5O2/c1-25(17-21-23-9-10-27(21)16-18-5-3-2-4-6-18)20-8-7-19(15-24-20)22(28)26-11-13-29-14-12-26/h2-10,15H,11-14,16-17H2,1H3. The van der Waals surface area contributed by atoms with E-state index in [0.29, 0.717) is 38.4 Å². The lowest BCUT2D eigenvalue weighted by atomic mass is 10.2. The predicted octanol–water partition coefficient (Wildman–Crippen LogP) is 2.44. The number of imidazole rings is 1. The Kier molecular flexibility index (Phi) is 5.86. The van der Waals surface area contributed by atoms with E-state index in [1.54, 1.807) is 6.20 Å². The van der Waals surface area contributed by atoms with Crippen LogP contribution in [0.4, 0.5) is 5.82 Å². The fraction of sp³-hybridized carbons (Fsp3) is 0.318. The summed E-state index contributed by atoms with van der Waals surface area (Å²) in [6.45, 7) is 3.86. The van der Waals surface area contributed by atoms with Crippen LogP contribution in [0.3, 0.4) is 0 Å². The largest absolute Gasteiger partial charge is 0.378 e. The van der Waals surface area contributed by atoms with Crippen LogP contribution in [0, 0.1) is 0 Å². The Morgan fingerprint density at radius 2 is 1.90 bits per heavy atom. The number of morpholine rings is 1. The second-order valence-electron chi connectivity index (χ2n) is 7.12. The van der Waals surface area contributed by atoms with E-state index >= 15 is 0 Å². The second-order valence-corrected chi connectivity index (χ2v) is 7.12. The summed E-state index contributed by atoms with van der Waals surface area (Å²) < 4.78 is 7.45. The Labute approximate surface area is 170 Å². The number of pyridine rings is 1. The molecule has 1 aliphatic heterocycles. The van der Waals surface area contributed by atoms with E-state index in [4.69, 9.17) is 4.74 Å². The highest BCUT2D eigenvalue weighted by molar-refractivity contribution is 5.94. The summed E-state index contributed by atoms with van der Waals surface area (Å²) in [6.07, 6.45) is 5.47. The molecule has 7 heteroatoms. The summed E-state index contributed by atoms with van der Waals surface area (Å²) in [4.78, 5) is 25.4. The Balaban J connectivity index is 1.41. The smallest absolute Gasteiger partial charge is 0.255 e. The van der Waals surface area contributed by atoms with E-state index in [1.165, 1.54) is 5.56 Å². The highest BCUT2D eigenvalue weighted by Gasteiger charge is 2.19. The number of amides is 1. The van der Waals surface area contributed by atoms with E-state index in [9.17, 15) is 4.79 Å². The number of carbonyl (C=O) groups excluding carboxylic acids is 1. The van der Waals surface area contributed by atoms with Crippen LogP contribution in [0.2, 0.25) is 0 Å². The van der Waals surface area contributed by atoms with Crippen molar-refractivity contribution in [3.05, 3.63) is 78.0 Å². The van der Waals surface area contributed by atoms with E-state index in [2.05, 4.69) is 26.7 Å². The quantitative estimate of drug-likeness (QED) is 0.646. The maximum atomic E-state index is 12.6. The summed E-state index contributed by atoms with van der Waals surface area (Å²) in [5.74, 6) is 1.78. The van der Waals surface area contributed by atoms with Crippen molar-refractivity contribution in [3.8, 4) is 0 Å². The monoisotopic (exact) mass is 391 g/mol. The van der Waals surface area contributed by atoms with Crippen molar-refractivity contribution in [2.75, 3.05) is 38.3 Å². The molecule has 1 saturated heterocycles. The topological polar surface area (TPSA) is 63.5 Å². The molecule has 3 heterocycles.